The molecular weight excluding hydrogens is 348 g/mol. The summed E-state index contributed by atoms with van der Waals surface area (Å²) in [6, 6.07) is 9.61. The molecule has 0 fully saturated rings. The summed E-state index contributed by atoms with van der Waals surface area (Å²) in [6.07, 6.45) is 3.41. The predicted molar refractivity (Wildman–Crippen MR) is 102 cm³/mol. The summed E-state index contributed by atoms with van der Waals surface area (Å²) in [5.41, 5.74) is 7.25. The van der Waals surface area contributed by atoms with E-state index in [1.54, 1.807) is 0 Å². The molecule has 0 unspecified atom stereocenters. The van der Waals surface area contributed by atoms with Gasteiger partial charge < -0.3 is 4.74 Å². The molecule has 1 heterocycles. The lowest BCUT2D eigenvalue weighted by atomic mass is 9.90. The van der Waals surface area contributed by atoms with Gasteiger partial charge in [-0.3, -0.25) is 20.4 Å². The van der Waals surface area contributed by atoms with Crippen LogP contribution in [0.15, 0.2) is 30.3 Å². The van der Waals surface area contributed by atoms with Crippen LogP contribution in [-0.2, 0) is 17.6 Å². The first-order chi connectivity index (χ1) is 12.5. The molecule has 2 amide bonds. The van der Waals surface area contributed by atoms with Gasteiger partial charge in [0, 0.05) is 4.88 Å². The maximum Gasteiger partial charge on any atom is 0.279 e. The van der Waals surface area contributed by atoms with Crippen molar-refractivity contribution in [3.63, 3.8) is 0 Å². The number of rotatable bonds is 5. The average molecular weight is 372 g/mol. The SMILES string of the molecule is Cc1ccccc1OCCC(=O)NNC(=O)c1cc2c(s1)CC[C@@H](C)C2. The van der Waals surface area contributed by atoms with Gasteiger partial charge in [0.25, 0.3) is 5.91 Å². The molecule has 0 aliphatic heterocycles. The Labute approximate surface area is 157 Å². The van der Waals surface area contributed by atoms with Crippen LogP contribution in [-0.4, -0.2) is 18.4 Å². The Balaban J connectivity index is 1.43. The Morgan fingerprint density at radius 2 is 2.08 bits per heavy atom. The minimum absolute atomic E-state index is 0.174. The third-order valence-electron chi connectivity index (χ3n) is 4.55. The van der Waals surface area contributed by atoms with E-state index in [1.165, 1.54) is 28.2 Å². The molecule has 0 saturated heterocycles. The monoisotopic (exact) mass is 372 g/mol. The molecule has 2 N–H and O–H groups in total. The first kappa shape index (κ1) is 18.5. The third kappa shape index (κ3) is 4.64. The van der Waals surface area contributed by atoms with Gasteiger partial charge in [0.1, 0.15) is 5.75 Å². The second-order valence-corrected chi connectivity index (χ2v) is 7.91. The van der Waals surface area contributed by atoms with Gasteiger partial charge >= 0.3 is 0 Å². The summed E-state index contributed by atoms with van der Waals surface area (Å²) < 4.78 is 5.59. The minimum Gasteiger partial charge on any atom is -0.493 e. The average Bonchev–Trinajstić information content (AvgIpc) is 3.04. The van der Waals surface area contributed by atoms with Crippen LogP contribution in [0.5, 0.6) is 5.75 Å². The van der Waals surface area contributed by atoms with Crippen LogP contribution in [0.3, 0.4) is 0 Å². The Hall–Kier alpha value is -2.34. The van der Waals surface area contributed by atoms with Crippen molar-refractivity contribution >= 4 is 23.2 Å². The number of amides is 2. The van der Waals surface area contributed by atoms with Crippen molar-refractivity contribution in [2.45, 2.75) is 39.5 Å². The van der Waals surface area contributed by atoms with Gasteiger partial charge in [-0.05, 0) is 55.4 Å². The zero-order valence-electron chi connectivity index (χ0n) is 15.1. The van der Waals surface area contributed by atoms with E-state index in [1.807, 2.05) is 37.3 Å². The van der Waals surface area contributed by atoms with E-state index in [0.29, 0.717) is 10.8 Å². The number of fused-ring (bicyclic) bond motifs is 1. The van der Waals surface area contributed by atoms with Crippen LogP contribution in [0.25, 0.3) is 0 Å². The number of hydrazine groups is 1. The lowest BCUT2D eigenvalue weighted by Gasteiger charge is -2.16. The Kier molecular flexibility index (Phi) is 5.93. The minimum atomic E-state index is -0.276. The van der Waals surface area contributed by atoms with Crippen LogP contribution in [0.2, 0.25) is 0 Å². The molecule has 0 radical (unpaired) electrons. The van der Waals surface area contributed by atoms with E-state index in [-0.39, 0.29) is 24.8 Å². The van der Waals surface area contributed by atoms with Crippen LogP contribution in [0.4, 0.5) is 0 Å². The number of benzene rings is 1. The predicted octanol–water partition coefficient (Wildman–Crippen LogP) is 3.41. The molecule has 138 valence electrons. The van der Waals surface area contributed by atoms with Crippen molar-refractivity contribution < 1.29 is 14.3 Å². The van der Waals surface area contributed by atoms with E-state index in [9.17, 15) is 9.59 Å². The van der Waals surface area contributed by atoms with Gasteiger partial charge in [0.2, 0.25) is 5.91 Å². The van der Waals surface area contributed by atoms with Crippen LogP contribution in [0, 0.1) is 12.8 Å². The van der Waals surface area contributed by atoms with Crippen molar-refractivity contribution in [1.82, 2.24) is 10.9 Å². The van der Waals surface area contributed by atoms with E-state index < -0.39 is 0 Å². The molecule has 1 aromatic carbocycles. The van der Waals surface area contributed by atoms with Crippen molar-refractivity contribution in [1.29, 1.82) is 0 Å². The van der Waals surface area contributed by atoms with Gasteiger partial charge in [-0.15, -0.1) is 11.3 Å². The number of hydrogen-bond donors (Lipinski definition) is 2. The summed E-state index contributed by atoms with van der Waals surface area (Å²) in [5.74, 6) is 0.899. The molecule has 6 heteroatoms. The quantitative estimate of drug-likeness (QED) is 0.791. The van der Waals surface area contributed by atoms with Crippen LogP contribution >= 0.6 is 11.3 Å². The lowest BCUT2D eigenvalue weighted by molar-refractivity contribution is -0.122. The van der Waals surface area contributed by atoms with Crippen molar-refractivity contribution in [3.8, 4) is 5.75 Å². The molecule has 2 aromatic rings. The third-order valence-corrected chi connectivity index (χ3v) is 5.78. The maximum atomic E-state index is 12.2. The smallest absolute Gasteiger partial charge is 0.279 e. The normalized spacial score (nSPS) is 15.8. The molecule has 5 nitrogen and oxygen atoms in total. The van der Waals surface area contributed by atoms with Crippen molar-refractivity contribution in [2.24, 2.45) is 5.92 Å². The highest BCUT2D eigenvalue weighted by Crippen LogP contribution is 2.32. The summed E-state index contributed by atoms with van der Waals surface area (Å²) in [4.78, 5) is 26.1. The number of thiophene rings is 1. The van der Waals surface area contributed by atoms with Gasteiger partial charge in [0.05, 0.1) is 17.9 Å². The van der Waals surface area contributed by atoms with Gasteiger partial charge in [-0.25, -0.2) is 0 Å². The van der Waals surface area contributed by atoms with Gasteiger partial charge in [0.15, 0.2) is 0 Å². The fourth-order valence-corrected chi connectivity index (χ4v) is 4.14. The number of carbonyl (C=O) groups excluding carboxylic acids is 2. The van der Waals surface area contributed by atoms with E-state index in [2.05, 4.69) is 17.8 Å². The van der Waals surface area contributed by atoms with E-state index in [0.717, 1.165) is 24.2 Å². The highest BCUT2D eigenvalue weighted by molar-refractivity contribution is 7.14. The zero-order valence-corrected chi connectivity index (χ0v) is 15.9. The number of para-hydroxylation sites is 1. The first-order valence-electron chi connectivity index (χ1n) is 8.92. The number of carbonyl (C=O) groups is 2. The van der Waals surface area contributed by atoms with E-state index in [4.69, 9.17) is 4.74 Å². The molecular formula is C20H24N2O3S. The standard InChI is InChI=1S/C20H24N2O3S/c1-13-7-8-17-15(11-13)12-18(26-17)20(24)22-21-19(23)9-10-25-16-6-4-3-5-14(16)2/h3-6,12-13H,7-11H2,1-2H3,(H,21,23)(H,22,24)/t13-/m1/s1. The number of ether oxygens (including phenoxy) is 1. The molecule has 1 aromatic heterocycles. The number of hydrogen-bond acceptors (Lipinski definition) is 4. The number of nitrogens with one attached hydrogen (secondary N) is 2. The zero-order chi connectivity index (χ0) is 18.5. The highest BCUT2D eigenvalue weighted by Gasteiger charge is 2.20. The van der Waals surface area contributed by atoms with Crippen molar-refractivity contribution in [3.05, 3.63) is 51.2 Å². The van der Waals surface area contributed by atoms with Crippen LogP contribution in [0.1, 0.15) is 45.4 Å². The first-order valence-corrected chi connectivity index (χ1v) is 9.74. The fraction of sp³-hybridized carbons (Fsp3) is 0.400. The van der Waals surface area contributed by atoms with Crippen LogP contribution < -0.4 is 15.6 Å². The molecule has 0 saturated carbocycles. The van der Waals surface area contributed by atoms with E-state index >= 15 is 0 Å². The second-order valence-electron chi connectivity index (χ2n) is 6.77. The Bertz CT molecular complexity index is 800. The number of aryl methyl sites for hydroxylation is 2. The molecule has 0 bridgehead atoms. The molecule has 3 rings (SSSR count). The maximum absolute atomic E-state index is 12.2. The fourth-order valence-electron chi connectivity index (χ4n) is 3.04. The summed E-state index contributed by atoms with van der Waals surface area (Å²) >= 11 is 1.53. The lowest BCUT2D eigenvalue weighted by Crippen LogP contribution is -2.41. The van der Waals surface area contributed by atoms with Crippen molar-refractivity contribution in [2.75, 3.05) is 6.61 Å². The largest absolute Gasteiger partial charge is 0.493 e. The molecule has 1 aliphatic rings. The Morgan fingerprint density at radius 3 is 2.88 bits per heavy atom. The summed E-state index contributed by atoms with van der Waals surface area (Å²) in [5, 5.41) is 0. The van der Waals surface area contributed by atoms with Gasteiger partial charge in [-0.2, -0.15) is 0 Å². The summed E-state index contributed by atoms with van der Waals surface area (Å²) in [6.45, 7) is 4.45. The molecule has 26 heavy (non-hydrogen) atoms. The molecule has 1 aliphatic carbocycles. The molecule has 1 atom stereocenters. The Morgan fingerprint density at radius 1 is 1.27 bits per heavy atom. The second kappa shape index (κ2) is 8.36. The molecule has 0 spiro atoms. The topological polar surface area (TPSA) is 67.4 Å². The van der Waals surface area contributed by atoms with Gasteiger partial charge in [-0.1, -0.05) is 25.1 Å². The highest BCUT2D eigenvalue weighted by atomic mass is 32.1. The summed E-state index contributed by atoms with van der Waals surface area (Å²) in [7, 11) is 0.